The van der Waals surface area contributed by atoms with Gasteiger partial charge in [0, 0.05) is 29.7 Å². The molecule has 0 saturated carbocycles. The van der Waals surface area contributed by atoms with Crippen molar-refractivity contribution >= 4 is 10.9 Å². The van der Waals surface area contributed by atoms with Crippen LogP contribution in [0.4, 0.5) is 0 Å². The van der Waals surface area contributed by atoms with E-state index in [1.165, 1.54) is 12.8 Å². The number of benzene rings is 3. The van der Waals surface area contributed by atoms with E-state index in [2.05, 4.69) is 26.8 Å². The molecule has 0 aliphatic carbocycles. The highest BCUT2D eigenvalue weighted by Gasteiger charge is 2.42. The van der Waals surface area contributed by atoms with E-state index in [0.29, 0.717) is 11.4 Å². The number of ether oxygens (including phenoxy) is 1. The molecule has 8 rings (SSSR count). The number of methoxy groups -OCH3 is 1. The molecule has 0 radical (unpaired) electrons. The molecule has 0 amide bonds. The Labute approximate surface area is 257 Å². The summed E-state index contributed by atoms with van der Waals surface area (Å²) in [7, 11) is 1.67. The molecule has 2 bridgehead atoms. The Bertz CT molecular complexity index is 1690. The minimum Gasteiger partial charge on any atom is -0.497 e. The molecule has 5 atom stereocenters. The molecule has 3 aliphatic rings. The SMILES string of the molecule is CC[C@H]1C[N@]2CC[C@H]1C[C@@H]2[C@@H](O)c1ccnc2ccc(OC)cc12.Oc1nc(-c2ccccc2)nc(O)c1-c1ccccc1. The zero-order valence-electron chi connectivity index (χ0n) is 25.0. The summed E-state index contributed by atoms with van der Waals surface area (Å²) in [5.74, 6) is 2.20. The Balaban J connectivity index is 0.000000159. The average Bonchev–Trinajstić information content (AvgIpc) is 3.08. The number of aromatic nitrogens is 3. The molecule has 44 heavy (non-hydrogen) atoms. The van der Waals surface area contributed by atoms with Crippen LogP contribution in [0.15, 0.2) is 91.1 Å². The number of rotatable bonds is 6. The van der Waals surface area contributed by atoms with Crippen molar-refractivity contribution in [1.29, 1.82) is 0 Å². The first-order valence-electron chi connectivity index (χ1n) is 15.2. The van der Waals surface area contributed by atoms with Crippen LogP contribution in [0, 0.1) is 11.8 Å². The van der Waals surface area contributed by atoms with E-state index in [1.807, 2.05) is 72.8 Å². The van der Waals surface area contributed by atoms with Crippen LogP contribution in [-0.4, -0.2) is 61.4 Å². The fraction of sp³-hybridized carbons (Fsp3) is 0.306. The molecule has 3 aliphatic heterocycles. The van der Waals surface area contributed by atoms with E-state index in [0.717, 1.165) is 59.1 Å². The third-order valence-electron chi connectivity index (χ3n) is 9.09. The van der Waals surface area contributed by atoms with Crippen molar-refractivity contribution in [1.82, 2.24) is 19.9 Å². The van der Waals surface area contributed by atoms with Crippen LogP contribution < -0.4 is 4.74 Å². The second-order valence-electron chi connectivity index (χ2n) is 11.5. The van der Waals surface area contributed by atoms with Gasteiger partial charge < -0.3 is 20.1 Å². The first kappa shape index (κ1) is 29.5. The summed E-state index contributed by atoms with van der Waals surface area (Å²) in [5.41, 5.74) is 3.53. The lowest BCUT2D eigenvalue weighted by Crippen LogP contribution is -2.55. The fourth-order valence-corrected chi connectivity index (χ4v) is 6.73. The van der Waals surface area contributed by atoms with Gasteiger partial charge in [0.2, 0.25) is 11.8 Å². The van der Waals surface area contributed by atoms with Crippen molar-refractivity contribution in [2.45, 2.75) is 38.3 Å². The highest BCUT2D eigenvalue weighted by molar-refractivity contribution is 5.84. The van der Waals surface area contributed by atoms with Gasteiger partial charge >= 0.3 is 0 Å². The Morgan fingerprint density at radius 2 is 1.59 bits per heavy atom. The molecule has 8 heteroatoms. The quantitative estimate of drug-likeness (QED) is 0.202. The van der Waals surface area contributed by atoms with Crippen molar-refractivity contribution in [3.05, 3.63) is 96.7 Å². The van der Waals surface area contributed by atoms with Gasteiger partial charge in [-0.15, -0.1) is 0 Å². The molecule has 0 unspecified atom stereocenters. The van der Waals surface area contributed by atoms with Gasteiger partial charge in [-0.2, -0.15) is 9.97 Å². The standard InChI is InChI=1S/C20H26N2O2.C16H12N2O2/c1-3-13-12-22-9-7-14(13)10-19(22)20(23)16-6-8-21-18-5-4-15(24-2)11-17(16)18;19-15-13(11-7-3-1-4-8-11)16(20)18-14(17-15)12-9-5-2-6-10-12/h4-6,8,11,13-14,19-20,23H,3,7,9-10,12H2,1-2H3;1-10H,(H2,17,18,19,20)/t13-,14-,19+,20-;/m0./s1. The summed E-state index contributed by atoms with van der Waals surface area (Å²) in [6.07, 6.45) is 4.97. The van der Waals surface area contributed by atoms with Gasteiger partial charge in [-0.25, -0.2) is 0 Å². The van der Waals surface area contributed by atoms with E-state index in [4.69, 9.17) is 4.74 Å². The highest BCUT2D eigenvalue weighted by Crippen LogP contribution is 2.43. The second-order valence-corrected chi connectivity index (χ2v) is 11.5. The lowest BCUT2D eigenvalue weighted by molar-refractivity contribution is -0.0562. The second kappa shape index (κ2) is 13.0. The normalized spacial score (nSPS) is 21.3. The monoisotopic (exact) mass is 590 g/mol. The summed E-state index contributed by atoms with van der Waals surface area (Å²) < 4.78 is 5.36. The third-order valence-corrected chi connectivity index (χ3v) is 9.09. The molecule has 3 aromatic carbocycles. The van der Waals surface area contributed by atoms with Crippen LogP contribution in [0.3, 0.4) is 0 Å². The largest absolute Gasteiger partial charge is 0.497 e. The molecule has 3 fully saturated rings. The van der Waals surface area contributed by atoms with Crippen molar-refractivity contribution in [2.24, 2.45) is 11.8 Å². The minimum atomic E-state index is -0.469. The Morgan fingerprint density at radius 1 is 0.909 bits per heavy atom. The number of nitrogens with zero attached hydrogens (tertiary/aromatic N) is 4. The molecule has 5 heterocycles. The van der Waals surface area contributed by atoms with Crippen LogP contribution >= 0.6 is 0 Å². The predicted molar refractivity (Wildman–Crippen MR) is 171 cm³/mol. The lowest BCUT2D eigenvalue weighted by atomic mass is 9.72. The summed E-state index contributed by atoms with van der Waals surface area (Å²) in [4.78, 5) is 15.1. The van der Waals surface area contributed by atoms with Gasteiger partial charge in [0.1, 0.15) is 11.3 Å². The number of aliphatic hydroxyl groups is 1. The molecule has 226 valence electrons. The molecule has 5 aromatic rings. The smallest absolute Gasteiger partial charge is 0.226 e. The maximum atomic E-state index is 11.2. The minimum absolute atomic E-state index is 0.225. The Hall–Kier alpha value is -4.53. The van der Waals surface area contributed by atoms with E-state index in [-0.39, 0.29) is 23.4 Å². The molecule has 3 N–H and O–H groups in total. The number of aromatic hydroxyl groups is 2. The van der Waals surface area contributed by atoms with Gasteiger partial charge in [-0.05, 0) is 66.6 Å². The van der Waals surface area contributed by atoms with Crippen molar-refractivity contribution < 1.29 is 20.1 Å². The van der Waals surface area contributed by atoms with Crippen molar-refractivity contribution in [2.75, 3.05) is 20.2 Å². The zero-order chi connectivity index (χ0) is 30.6. The third kappa shape index (κ3) is 5.96. The molecular weight excluding hydrogens is 552 g/mol. The van der Waals surface area contributed by atoms with E-state index >= 15 is 0 Å². The van der Waals surface area contributed by atoms with Gasteiger partial charge in [-0.3, -0.25) is 9.88 Å². The fourth-order valence-electron chi connectivity index (χ4n) is 6.73. The Kier molecular flexibility index (Phi) is 8.72. The first-order valence-corrected chi connectivity index (χ1v) is 15.2. The molecule has 2 aromatic heterocycles. The maximum absolute atomic E-state index is 11.2. The topological polar surface area (TPSA) is 112 Å². The van der Waals surface area contributed by atoms with Gasteiger partial charge in [0.25, 0.3) is 0 Å². The number of hydrogen-bond acceptors (Lipinski definition) is 8. The van der Waals surface area contributed by atoms with Crippen LogP contribution in [0.25, 0.3) is 33.4 Å². The summed E-state index contributed by atoms with van der Waals surface area (Å²) in [6, 6.07) is 26.3. The number of aliphatic hydroxyl groups excluding tert-OH is 1. The average molecular weight is 591 g/mol. The number of pyridine rings is 1. The lowest BCUT2D eigenvalue weighted by Gasteiger charge is -2.51. The zero-order valence-corrected chi connectivity index (χ0v) is 25.0. The number of piperidine rings is 3. The number of fused-ring (bicyclic) bond motifs is 4. The van der Waals surface area contributed by atoms with Crippen LogP contribution in [0.1, 0.15) is 37.9 Å². The van der Waals surface area contributed by atoms with Crippen molar-refractivity contribution in [3.8, 4) is 40.0 Å². The molecular formula is C36H38N4O4. The van der Waals surface area contributed by atoms with Gasteiger partial charge in [0.15, 0.2) is 5.82 Å². The van der Waals surface area contributed by atoms with Crippen LogP contribution in [0.5, 0.6) is 17.5 Å². The van der Waals surface area contributed by atoms with Gasteiger partial charge in [-0.1, -0.05) is 74.0 Å². The predicted octanol–water partition coefficient (Wildman–Crippen LogP) is 6.62. The Morgan fingerprint density at radius 3 is 2.20 bits per heavy atom. The molecule has 8 nitrogen and oxygen atoms in total. The van der Waals surface area contributed by atoms with E-state index < -0.39 is 6.10 Å². The van der Waals surface area contributed by atoms with E-state index in [9.17, 15) is 15.3 Å². The summed E-state index contributed by atoms with van der Waals surface area (Å²) in [6.45, 7) is 4.55. The van der Waals surface area contributed by atoms with Crippen LogP contribution in [-0.2, 0) is 0 Å². The van der Waals surface area contributed by atoms with E-state index in [1.54, 1.807) is 25.4 Å². The van der Waals surface area contributed by atoms with Crippen molar-refractivity contribution in [3.63, 3.8) is 0 Å². The number of hydrogen-bond donors (Lipinski definition) is 3. The maximum Gasteiger partial charge on any atom is 0.226 e. The van der Waals surface area contributed by atoms with Crippen LogP contribution in [0.2, 0.25) is 0 Å². The summed E-state index contributed by atoms with van der Waals surface area (Å²) >= 11 is 0. The highest BCUT2D eigenvalue weighted by atomic mass is 16.5. The molecule has 0 spiro atoms. The molecule has 3 saturated heterocycles. The first-order chi connectivity index (χ1) is 21.5. The van der Waals surface area contributed by atoms with Gasteiger partial charge in [0.05, 0.1) is 18.7 Å². The summed E-state index contributed by atoms with van der Waals surface area (Å²) in [5, 5.41) is 32.3.